The van der Waals surface area contributed by atoms with Gasteiger partial charge in [0.15, 0.2) is 0 Å². The summed E-state index contributed by atoms with van der Waals surface area (Å²) in [6, 6.07) is 4.72. The van der Waals surface area contributed by atoms with Gasteiger partial charge in [-0.2, -0.15) is 0 Å². The molecule has 100 valence electrons. The number of hydrogen-bond donors (Lipinski definition) is 1. The van der Waals surface area contributed by atoms with E-state index in [-0.39, 0.29) is 11.9 Å². The summed E-state index contributed by atoms with van der Waals surface area (Å²) in [6.07, 6.45) is 4.39. The average Bonchev–Trinajstić information content (AvgIpc) is 2.34. The monoisotopic (exact) mass is 252 g/mol. The third-order valence-corrected chi connectivity index (χ3v) is 3.57. The predicted octanol–water partition coefficient (Wildman–Crippen LogP) is 3.00. The van der Waals surface area contributed by atoms with Gasteiger partial charge in [0, 0.05) is 6.61 Å². The maximum atomic E-state index is 13.0. The molecule has 1 saturated heterocycles. The summed E-state index contributed by atoms with van der Waals surface area (Å²) in [4.78, 5) is 0. The van der Waals surface area contributed by atoms with Crippen LogP contribution in [0.25, 0.3) is 0 Å². The quantitative estimate of drug-likeness (QED) is 0.892. The molecule has 18 heavy (non-hydrogen) atoms. The van der Waals surface area contributed by atoms with Gasteiger partial charge in [0.2, 0.25) is 0 Å². The molecule has 0 radical (unpaired) electrons. The van der Waals surface area contributed by atoms with Crippen molar-refractivity contribution in [2.45, 2.75) is 51.2 Å². The Morgan fingerprint density at radius 1 is 1.44 bits per heavy atom. The first kappa shape index (κ1) is 13.5. The van der Waals surface area contributed by atoms with E-state index in [4.69, 9.17) is 4.74 Å². The fourth-order valence-electron chi connectivity index (χ4n) is 2.52. The van der Waals surface area contributed by atoms with Gasteiger partial charge in [-0.25, -0.2) is 4.39 Å². The molecule has 0 spiro atoms. The largest absolute Gasteiger partial charge is 0.393 e. The molecule has 0 aliphatic carbocycles. The lowest BCUT2D eigenvalue weighted by Gasteiger charge is -2.25. The second kappa shape index (κ2) is 6.30. The van der Waals surface area contributed by atoms with Crippen molar-refractivity contribution in [1.82, 2.24) is 0 Å². The van der Waals surface area contributed by atoms with Crippen molar-refractivity contribution >= 4 is 0 Å². The summed E-state index contributed by atoms with van der Waals surface area (Å²) in [7, 11) is 0. The van der Waals surface area contributed by atoms with E-state index in [9.17, 15) is 9.50 Å². The van der Waals surface area contributed by atoms with Crippen LogP contribution in [0.4, 0.5) is 4.39 Å². The van der Waals surface area contributed by atoms with Gasteiger partial charge in [0.25, 0.3) is 0 Å². The van der Waals surface area contributed by atoms with Crippen LogP contribution in [0.15, 0.2) is 18.2 Å². The first-order chi connectivity index (χ1) is 8.65. The zero-order valence-corrected chi connectivity index (χ0v) is 10.9. The molecule has 1 fully saturated rings. The summed E-state index contributed by atoms with van der Waals surface area (Å²) in [5, 5.41) is 10.1. The molecule has 2 atom stereocenters. The third kappa shape index (κ3) is 3.79. The molecule has 1 N–H and O–H groups in total. The normalized spacial score (nSPS) is 21.8. The van der Waals surface area contributed by atoms with Gasteiger partial charge in [-0.1, -0.05) is 6.07 Å². The highest BCUT2D eigenvalue weighted by Gasteiger charge is 2.18. The Morgan fingerprint density at radius 3 is 2.94 bits per heavy atom. The molecule has 1 aliphatic rings. The lowest BCUT2D eigenvalue weighted by molar-refractivity contribution is -0.0148. The van der Waals surface area contributed by atoms with Gasteiger partial charge < -0.3 is 9.84 Å². The maximum absolute atomic E-state index is 13.0. The van der Waals surface area contributed by atoms with Crippen molar-refractivity contribution in [3.8, 4) is 0 Å². The number of aliphatic hydroxyl groups excluding tert-OH is 1. The molecule has 0 bridgehead atoms. The molecule has 2 nitrogen and oxygen atoms in total. The molecule has 0 amide bonds. The van der Waals surface area contributed by atoms with Crippen molar-refractivity contribution in [3.05, 3.63) is 35.1 Å². The van der Waals surface area contributed by atoms with Crippen LogP contribution in [-0.2, 0) is 11.2 Å². The van der Waals surface area contributed by atoms with E-state index in [1.165, 1.54) is 18.6 Å². The van der Waals surface area contributed by atoms with Gasteiger partial charge in [0.1, 0.15) is 5.82 Å². The zero-order chi connectivity index (χ0) is 13.0. The molecular formula is C15H21FO2. The number of halogens is 1. The summed E-state index contributed by atoms with van der Waals surface area (Å²) in [6.45, 7) is 2.69. The minimum atomic E-state index is -0.405. The highest BCUT2D eigenvalue weighted by Crippen LogP contribution is 2.20. The van der Waals surface area contributed by atoms with Crippen LogP contribution >= 0.6 is 0 Å². The highest BCUT2D eigenvalue weighted by atomic mass is 19.1. The Labute approximate surface area is 108 Å². The van der Waals surface area contributed by atoms with Crippen molar-refractivity contribution in [3.63, 3.8) is 0 Å². The van der Waals surface area contributed by atoms with Gasteiger partial charge in [-0.15, -0.1) is 0 Å². The van der Waals surface area contributed by atoms with E-state index in [0.717, 1.165) is 30.6 Å². The number of ether oxygens (including phenoxy) is 1. The standard InChI is InChI=1S/C15H21FO2/c1-11-8-13(16)6-5-12(11)9-14(17)10-15-4-2-3-7-18-15/h5-6,8,14-15,17H,2-4,7,9-10H2,1H3. The van der Waals surface area contributed by atoms with Gasteiger partial charge in [-0.3, -0.25) is 0 Å². The molecule has 2 unspecified atom stereocenters. The minimum Gasteiger partial charge on any atom is -0.393 e. The summed E-state index contributed by atoms with van der Waals surface area (Å²) in [5.41, 5.74) is 1.92. The first-order valence-electron chi connectivity index (χ1n) is 6.70. The predicted molar refractivity (Wildman–Crippen MR) is 69.1 cm³/mol. The Bertz CT molecular complexity index is 386. The van der Waals surface area contributed by atoms with E-state index in [1.54, 1.807) is 6.07 Å². The Kier molecular flexibility index (Phi) is 4.72. The topological polar surface area (TPSA) is 29.5 Å². The van der Waals surface area contributed by atoms with Crippen molar-refractivity contribution in [1.29, 1.82) is 0 Å². The van der Waals surface area contributed by atoms with E-state index in [2.05, 4.69) is 0 Å². The third-order valence-electron chi connectivity index (χ3n) is 3.57. The van der Waals surface area contributed by atoms with Crippen molar-refractivity contribution in [2.75, 3.05) is 6.61 Å². The van der Waals surface area contributed by atoms with Crippen LogP contribution in [0, 0.1) is 12.7 Å². The van der Waals surface area contributed by atoms with Crippen LogP contribution < -0.4 is 0 Å². The number of rotatable bonds is 4. The van der Waals surface area contributed by atoms with Crippen LogP contribution in [0.1, 0.15) is 36.8 Å². The van der Waals surface area contributed by atoms with Crippen LogP contribution in [0.3, 0.4) is 0 Å². The molecule has 1 aliphatic heterocycles. The zero-order valence-electron chi connectivity index (χ0n) is 10.9. The summed E-state index contributed by atoms with van der Waals surface area (Å²) < 4.78 is 18.6. The summed E-state index contributed by atoms with van der Waals surface area (Å²) in [5.74, 6) is -0.221. The Balaban J connectivity index is 1.87. The average molecular weight is 252 g/mol. The Morgan fingerprint density at radius 2 is 2.28 bits per heavy atom. The number of benzene rings is 1. The molecule has 2 rings (SSSR count). The lowest BCUT2D eigenvalue weighted by atomic mass is 9.97. The van der Waals surface area contributed by atoms with Crippen LogP contribution in [0.2, 0.25) is 0 Å². The van der Waals surface area contributed by atoms with Crippen LogP contribution in [-0.4, -0.2) is 23.9 Å². The van der Waals surface area contributed by atoms with Gasteiger partial charge in [-0.05, 0) is 62.3 Å². The SMILES string of the molecule is Cc1cc(F)ccc1CC(O)CC1CCCCO1. The molecule has 1 aromatic rings. The molecule has 0 aromatic heterocycles. The van der Waals surface area contributed by atoms with E-state index in [1.807, 2.05) is 6.92 Å². The molecule has 1 aromatic carbocycles. The maximum Gasteiger partial charge on any atom is 0.123 e. The molecule has 3 heteroatoms. The fourth-order valence-corrected chi connectivity index (χ4v) is 2.52. The van der Waals surface area contributed by atoms with Crippen LogP contribution in [0.5, 0.6) is 0 Å². The first-order valence-corrected chi connectivity index (χ1v) is 6.70. The molecule has 0 saturated carbocycles. The van der Waals surface area contributed by atoms with Crippen molar-refractivity contribution < 1.29 is 14.2 Å². The fraction of sp³-hybridized carbons (Fsp3) is 0.600. The molecular weight excluding hydrogens is 231 g/mol. The van der Waals surface area contributed by atoms with Gasteiger partial charge in [0.05, 0.1) is 12.2 Å². The van der Waals surface area contributed by atoms with E-state index >= 15 is 0 Å². The Hall–Kier alpha value is -0.930. The van der Waals surface area contributed by atoms with Gasteiger partial charge >= 0.3 is 0 Å². The lowest BCUT2D eigenvalue weighted by Crippen LogP contribution is -2.25. The smallest absolute Gasteiger partial charge is 0.123 e. The van der Waals surface area contributed by atoms with E-state index < -0.39 is 6.10 Å². The van der Waals surface area contributed by atoms with Crippen molar-refractivity contribution in [2.24, 2.45) is 0 Å². The number of aryl methyl sites for hydroxylation is 1. The van der Waals surface area contributed by atoms with E-state index in [0.29, 0.717) is 12.8 Å². The molecule has 1 heterocycles. The second-order valence-electron chi connectivity index (χ2n) is 5.15. The number of hydrogen-bond acceptors (Lipinski definition) is 2. The summed E-state index contributed by atoms with van der Waals surface area (Å²) >= 11 is 0. The second-order valence-corrected chi connectivity index (χ2v) is 5.15. The number of aliphatic hydroxyl groups is 1. The highest BCUT2D eigenvalue weighted by molar-refractivity contribution is 5.27. The minimum absolute atomic E-state index is 0.189.